The van der Waals surface area contributed by atoms with Gasteiger partial charge < -0.3 is 14.2 Å². The first-order valence-corrected chi connectivity index (χ1v) is 4.26. The molecule has 1 aromatic carbocycles. The Kier molecular flexibility index (Phi) is 2.10. The average molecular weight is 180 g/mol. The second kappa shape index (κ2) is 3.26. The van der Waals surface area contributed by atoms with Crippen molar-refractivity contribution in [1.29, 1.82) is 0 Å². The normalized spacial score (nSPS) is 25.4. The van der Waals surface area contributed by atoms with Crippen LogP contribution < -0.4 is 9.47 Å². The minimum Gasteiger partial charge on any atom is -0.493 e. The molecule has 0 spiro atoms. The van der Waals surface area contributed by atoms with E-state index in [2.05, 4.69) is 0 Å². The third kappa shape index (κ3) is 1.75. The fourth-order valence-corrected chi connectivity index (χ4v) is 1.13. The molecule has 3 heteroatoms. The molecule has 1 heterocycles. The summed E-state index contributed by atoms with van der Waals surface area (Å²) in [5.74, 6) is 1.48. The molecule has 0 saturated carbocycles. The number of hydrogen-bond donors (Lipinski definition) is 0. The van der Waals surface area contributed by atoms with E-state index in [-0.39, 0.29) is 12.4 Å². The lowest BCUT2D eigenvalue weighted by Gasteiger charge is -2.07. The van der Waals surface area contributed by atoms with Crippen LogP contribution in [0.15, 0.2) is 24.3 Å². The Labute approximate surface area is 77.2 Å². The van der Waals surface area contributed by atoms with Crippen molar-refractivity contribution in [2.45, 2.75) is 19.3 Å². The summed E-state index contributed by atoms with van der Waals surface area (Å²) in [6.07, 6.45) is 0.0983. The zero-order valence-electron chi connectivity index (χ0n) is 7.69. The van der Waals surface area contributed by atoms with Gasteiger partial charge in [-0.25, -0.2) is 0 Å². The van der Waals surface area contributed by atoms with Gasteiger partial charge in [-0.3, -0.25) is 0 Å². The van der Waals surface area contributed by atoms with E-state index in [0.29, 0.717) is 0 Å². The van der Waals surface area contributed by atoms with Crippen molar-refractivity contribution in [3.05, 3.63) is 24.3 Å². The standard InChI is InChI=1S/C10H12O3/c1-7-10(12-7)13-9-6-4-3-5-8(9)11-2/h3-7,10H,1-2H3. The van der Waals surface area contributed by atoms with Crippen LogP contribution in [-0.4, -0.2) is 19.5 Å². The van der Waals surface area contributed by atoms with Gasteiger partial charge in [0.2, 0.25) is 6.29 Å². The van der Waals surface area contributed by atoms with Crippen LogP contribution in [0, 0.1) is 0 Å². The highest BCUT2D eigenvalue weighted by atomic mass is 16.8. The molecular formula is C10H12O3. The molecule has 1 saturated heterocycles. The minimum atomic E-state index is -0.101. The molecular weight excluding hydrogens is 168 g/mol. The van der Waals surface area contributed by atoms with E-state index >= 15 is 0 Å². The number of benzene rings is 1. The maximum absolute atomic E-state index is 5.51. The molecule has 2 unspecified atom stereocenters. The largest absolute Gasteiger partial charge is 0.493 e. The van der Waals surface area contributed by atoms with E-state index in [1.54, 1.807) is 7.11 Å². The molecule has 2 atom stereocenters. The Morgan fingerprint density at radius 1 is 1.23 bits per heavy atom. The molecule has 3 nitrogen and oxygen atoms in total. The van der Waals surface area contributed by atoms with E-state index in [9.17, 15) is 0 Å². The molecule has 1 fully saturated rings. The number of rotatable bonds is 3. The smallest absolute Gasteiger partial charge is 0.226 e. The summed E-state index contributed by atoms with van der Waals surface area (Å²) in [4.78, 5) is 0. The van der Waals surface area contributed by atoms with Crippen LogP contribution in [0.5, 0.6) is 11.5 Å². The van der Waals surface area contributed by atoms with Crippen LogP contribution in [0.1, 0.15) is 6.92 Å². The van der Waals surface area contributed by atoms with Crippen LogP contribution in [0.4, 0.5) is 0 Å². The van der Waals surface area contributed by atoms with Crippen LogP contribution in [0.25, 0.3) is 0 Å². The second-order valence-corrected chi connectivity index (χ2v) is 2.98. The van der Waals surface area contributed by atoms with Crippen molar-refractivity contribution < 1.29 is 14.2 Å². The van der Waals surface area contributed by atoms with Crippen molar-refractivity contribution in [3.8, 4) is 11.5 Å². The molecule has 70 valence electrons. The summed E-state index contributed by atoms with van der Waals surface area (Å²) in [5.41, 5.74) is 0. The summed E-state index contributed by atoms with van der Waals surface area (Å²) in [6.45, 7) is 1.97. The zero-order chi connectivity index (χ0) is 9.26. The molecule has 0 radical (unpaired) electrons. The zero-order valence-corrected chi connectivity index (χ0v) is 7.69. The summed E-state index contributed by atoms with van der Waals surface area (Å²) in [6, 6.07) is 7.55. The molecule has 1 aliphatic rings. The number of methoxy groups -OCH3 is 1. The van der Waals surface area contributed by atoms with Gasteiger partial charge in [0, 0.05) is 0 Å². The number of hydrogen-bond acceptors (Lipinski definition) is 3. The van der Waals surface area contributed by atoms with Gasteiger partial charge in [0.25, 0.3) is 0 Å². The van der Waals surface area contributed by atoms with Crippen molar-refractivity contribution in [2.24, 2.45) is 0 Å². The highest BCUT2D eigenvalue weighted by Crippen LogP contribution is 2.31. The molecule has 0 aromatic heterocycles. The first-order chi connectivity index (χ1) is 6.31. The average Bonchev–Trinajstić information content (AvgIpc) is 2.83. The van der Waals surface area contributed by atoms with Crippen molar-refractivity contribution >= 4 is 0 Å². The van der Waals surface area contributed by atoms with Gasteiger partial charge in [-0.2, -0.15) is 0 Å². The van der Waals surface area contributed by atoms with Gasteiger partial charge in [-0.1, -0.05) is 12.1 Å². The number of ether oxygens (including phenoxy) is 3. The molecule has 0 aliphatic carbocycles. The third-order valence-electron chi connectivity index (χ3n) is 1.97. The monoisotopic (exact) mass is 180 g/mol. The van der Waals surface area contributed by atoms with Gasteiger partial charge in [0.1, 0.15) is 6.10 Å². The summed E-state index contributed by atoms with van der Waals surface area (Å²) >= 11 is 0. The predicted molar refractivity (Wildman–Crippen MR) is 48.0 cm³/mol. The van der Waals surface area contributed by atoms with E-state index in [0.717, 1.165) is 11.5 Å². The number of epoxide rings is 1. The Hall–Kier alpha value is -1.22. The van der Waals surface area contributed by atoms with Crippen molar-refractivity contribution in [3.63, 3.8) is 0 Å². The molecule has 2 rings (SSSR count). The van der Waals surface area contributed by atoms with Crippen molar-refractivity contribution in [2.75, 3.05) is 7.11 Å². The van der Waals surface area contributed by atoms with E-state index in [1.165, 1.54) is 0 Å². The maximum Gasteiger partial charge on any atom is 0.226 e. The van der Waals surface area contributed by atoms with Gasteiger partial charge in [-0.05, 0) is 19.1 Å². The Morgan fingerprint density at radius 3 is 2.38 bits per heavy atom. The maximum atomic E-state index is 5.51. The van der Waals surface area contributed by atoms with Gasteiger partial charge in [0.05, 0.1) is 7.11 Å². The van der Waals surface area contributed by atoms with Crippen LogP contribution in [-0.2, 0) is 4.74 Å². The van der Waals surface area contributed by atoms with E-state index in [4.69, 9.17) is 14.2 Å². The first kappa shape index (κ1) is 8.38. The van der Waals surface area contributed by atoms with Gasteiger partial charge in [-0.15, -0.1) is 0 Å². The Morgan fingerprint density at radius 2 is 1.85 bits per heavy atom. The highest BCUT2D eigenvalue weighted by Gasteiger charge is 2.37. The molecule has 0 N–H and O–H groups in total. The fraction of sp³-hybridized carbons (Fsp3) is 0.400. The lowest BCUT2D eigenvalue weighted by atomic mass is 10.3. The molecule has 1 aromatic rings. The topological polar surface area (TPSA) is 31.0 Å². The molecule has 0 bridgehead atoms. The van der Waals surface area contributed by atoms with Crippen LogP contribution in [0.2, 0.25) is 0 Å². The quantitative estimate of drug-likeness (QED) is 0.665. The van der Waals surface area contributed by atoms with Crippen molar-refractivity contribution in [1.82, 2.24) is 0 Å². The fourth-order valence-electron chi connectivity index (χ4n) is 1.13. The highest BCUT2D eigenvalue weighted by molar-refractivity contribution is 5.39. The first-order valence-electron chi connectivity index (χ1n) is 4.26. The van der Waals surface area contributed by atoms with Crippen LogP contribution in [0.3, 0.4) is 0 Å². The minimum absolute atomic E-state index is 0.101. The summed E-state index contributed by atoms with van der Waals surface area (Å²) in [7, 11) is 1.62. The number of para-hydroxylation sites is 2. The van der Waals surface area contributed by atoms with E-state index in [1.807, 2.05) is 31.2 Å². The van der Waals surface area contributed by atoms with Gasteiger partial charge in [0.15, 0.2) is 11.5 Å². The predicted octanol–water partition coefficient (Wildman–Crippen LogP) is 1.82. The molecule has 1 aliphatic heterocycles. The third-order valence-corrected chi connectivity index (χ3v) is 1.97. The summed E-state index contributed by atoms with van der Waals surface area (Å²) in [5, 5.41) is 0. The SMILES string of the molecule is COc1ccccc1OC1OC1C. The Balaban J connectivity index is 2.09. The molecule has 13 heavy (non-hydrogen) atoms. The Bertz CT molecular complexity index is 298. The lowest BCUT2D eigenvalue weighted by Crippen LogP contribution is -2.02. The van der Waals surface area contributed by atoms with Gasteiger partial charge >= 0.3 is 0 Å². The van der Waals surface area contributed by atoms with Crippen LogP contribution >= 0.6 is 0 Å². The lowest BCUT2D eigenvalue weighted by molar-refractivity contribution is 0.172. The van der Waals surface area contributed by atoms with E-state index < -0.39 is 0 Å². The second-order valence-electron chi connectivity index (χ2n) is 2.98. The molecule has 0 amide bonds. The summed E-state index contributed by atoms with van der Waals surface area (Å²) < 4.78 is 15.8.